The zero-order valence-corrected chi connectivity index (χ0v) is 30.2. The number of hydrogen-bond acceptors (Lipinski definition) is 3. The molecule has 4 heteroatoms. The lowest BCUT2D eigenvalue weighted by atomic mass is 10.0. The first-order valence-electron chi connectivity index (χ1n) is 19.0. The standard InChI is InChI=1S/C52H32N2O2/c1-2-10-40-35(9-1)21-28-44-41-11-3-6-14-47(41)54(52(40)44)37-24-19-34(20-25-37)33-17-22-36(23-18-33)53(38-26-29-50-45(31-38)42-12-4-7-15-48(42)55-50)39-27-30-51-46(32-39)43-13-5-8-16-49(43)56-51/h1-32H. The Balaban J connectivity index is 0.965. The summed E-state index contributed by atoms with van der Waals surface area (Å²) in [6, 6.07) is 69.2. The number of para-hydroxylation sites is 3. The molecule has 0 amide bonds. The lowest BCUT2D eigenvalue weighted by molar-refractivity contribution is 0.668. The van der Waals surface area contributed by atoms with E-state index in [2.05, 4.69) is 179 Å². The monoisotopic (exact) mass is 716 g/mol. The minimum Gasteiger partial charge on any atom is -0.456 e. The minimum atomic E-state index is 0.874. The number of anilines is 3. The van der Waals surface area contributed by atoms with Crippen molar-refractivity contribution in [2.75, 3.05) is 4.90 Å². The van der Waals surface area contributed by atoms with Gasteiger partial charge in [0.2, 0.25) is 0 Å². The maximum absolute atomic E-state index is 6.22. The molecule has 0 unspecified atom stereocenters. The van der Waals surface area contributed by atoms with Gasteiger partial charge in [0, 0.05) is 60.5 Å². The maximum atomic E-state index is 6.22. The Labute approximate surface area is 321 Å². The fraction of sp³-hybridized carbons (Fsp3) is 0. The van der Waals surface area contributed by atoms with Crippen LogP contribution in [0.4, 0.5) is 17.1 Å². The van der Waals surface area contributed by atoms with E-state index < -0.39 is 0 Å². The van der Waals surface area contributed by atoms with Crippen molar-refractivity contribution in [2.45, 2.75) is 0 Å². The summed E-state index contributed by atoms with van der Waals surface area (Å²) in [6.45, 7) is 0. The molecule has 0 atom stereocenters. The molecule has 56 heavy (non-hydrogen) atoms. The predicted octanol–water partition coefficient (Wildman–Crippen LogP) is 14.9. The van der Waals surface area contributed by atoms with Crippen molar-refractivity contribution < 1.29 is 8.83 Å². The lowest BCUT2D eigenvalue weighted by Crippen LogP contribution is -2.09. The molecule has 0 aliphatic carbocycles. The summed E-state index contributed by atoms with van der Waals surface area (Å²) < 4.78 is 14.9. The van der Waals surface area contributed by atoms with Gasteiger partial charge in [-0.2, -0.15) is 0 Å². The Morgan fingerprint density at radius 2 is 0.839 bits per heavy atom. The van der Waals surface area contributed by atoms with Crippen LogP contribution >= 0.6 is 0 Å². The van der Waals surface area contributed by atoms with Gasteiger partial charge in [-0.25, -0.2) is 0 Å². The Morgan fingerprint density at radius 3 is 1.48 bits per heavy atom. The molecular weight excluding hydrogens is 685 g/mol. The molecule has 0 saturated carbocycles. The van der Waals surface area contributed by atoms with Gasteiger partial charge < -0.3 is 18.3 Å². The van der Waals surface area contributed by atoms with E-state index in [0.29, 0.717) is 0 Å². The number of fused-ring (bicyclic) bond motifs is 11. The van der Waals surface area contributed by atoms with Gasteiger partial charge in [-0.1, -0.05) is 115 Å². The summed E-state index contributed by atoms with van der Waals surface area (Å²) in [5.74, 6) is 0. The van der Waals surface area contributed by atoms with Crippen molar-refractivity contribution in [1.29, 1.82) is 0 Å². The summed E-state index contributed by atoms with van der Waals surface area (Å²) in [5.41, 5.74) is 12.6. The highest BCUT2D eigenvalue weighted by Gasteiger charge is 2.19. The largest absolute Gasteiger partial charge is 0.456 e. The first kappa shape index (κ1) is 30.9. The van der Waals surface area contributed by atoms with Crippen LogP contribution in [0.25, 0.3) is 93.3 Å². The zero-order chi connectivity index (χ0) is 36.7. The number of benzene rings is 9. The van der Waals surface area contributed by atoms with Crippen LogP contribution in [0.3, 0.4) is 0 Å². The van der Waals surface area contributed by atoms with E-state index in [-0.39, 0.29) is 0 Å². The summed E-state index contributed by atoms with van der Waals surface area (Å²) in [4.78, 5) is 2.32. The predicted molar refractivity (Wildman–Crippen MR) is 233 cm³/mol. The second-order valence-electron chi connectivity index (χ2n) is 14.5. The Bertz CT molecular complexity index is 3360. The number of rotatable bonds is 5. The molecule has 0 N–H and O–H groups in total. The quantitative estimate of drug-likeness (QED) is 0.178. The summed E-state index contributed by atoms with van der Waals surface area (Å²) in [6.07, 6.45) is 0. The number of aromatic nitrogens is 1. The topological polar surface area (TPSA) is 34.5 Å². The Hall–Kier alpha value is -7.56. The molecule has 0 bridgehead atoms. The van der Waals surface area contributed by atoms with Crippen LogP contribution < -0.4 is 4.90 Å². The summed E-state index contributed by atoms with van der Waals surface area (Å²) in [7, 11) is 0. The highest BCUT2D eigenvalue weighted by molar-refractivity contribution is 6.18. The van der Waals surface area contributed by atoms with Crippen LogP contribution in [0.15, 0.2) is 203 Å². The van der Waals surface area contributed by atoms with Crippen LogP contribution in [0.5, 0.6) is 0 Å². The first-order chi connectivity index (χ1) is 27.7. The Morgan fingerprint density at radius 1 is 0.339 bits per heavy atom. The highest BCUT2D eigenvalue weighted by Crippen LogP contribution is 2.42. The molecule has 262 valence electrons. The second-order valence-corrected chi connectivity index (χ2v) is 14.5. The number of furan rings is 2. The van der Waals surface area contributed by atoms with Gasteiger partial charge in [0.15, 0.2) is 0 Å². The highest BCUT2D eigenvalue weighted by atomic mass is 16.3. The molecule has 3 heterocycles. The van der Waals surface area contributed by atoms with Crippen LogP contribution in [0.1, 0.15) is 0 Å². The van der Waals surface area contributed by atoms with E-state index in [4.69, 9.17) is 8.83 Å². The molecule has 0 aliphatic heterocycles. The van der Waals surface area contributed by atoms with E-state index in [0.717, 1.165) is 77.8 Å². The zero-order valence-electron chi connectivity index (χ0n) is 30.2. The van der Waals surface area contributed by atoms with E-state index >= 15 is 0 Å². The summed E-state index contributed by atoms with van der Waals surface area (Å²) in [5, 5.41) is 9.41. The molecule has 0 aliphatic rings. The van der Waals surface area contributed by atoms with Crippen molar-refractivity contribution >= 4 is 93.5 Å². The molecule has 4 nitrogen and oxygen atoms in total. The third-order valence-electron chi connectivity index (χ3n) is 11.4. The van der Waals surface area contributed by atoms with E-state index in [1.165, 1.54) is 32.6 Å². The molecule has 0 radical (unpaired) electrons. The molecule has 0 spiro atoms. The van der Waals surface area contributed by atoms with Gasteiger partial charge in [0.05, 0.1) is 11.0 Å². The molecule has 3 aromatic heterocycles. The average molecular weight is 717 g/mol. The summed E-state index contributed by atoms with van der Waals surface area (Å²) >= 11 is 0. The third-order valence-corrected chi connectivity index (χ3v) is 11.4. The van der Waals surface area contributed by atoms with Crippen LogP contribution in [-0.4, -0.2) is 4.57 Å². The van der Waals surface area contributed by atoms with Gasteiger partial charge in [0.25, 0.3) is 0 Å². The van der Waals surface area contributed by atoms with Crippen molar-refractivity contribution in [1.82, 2.24) is 4.57 Å². The lowest BCUT2D eigenvalue weighted by Gasteiger charge is -2.26. The van der Waals surface area contributed by atoms with Gasteiger partial charge in [-0.15, -0.1) is 0 Å². The van der Waals surface area contributed by atoms with E-state index in [1.54, 1.807) is 0 Å². The van der Waals surface area contributed by atoms with E-state index in [9.17, 15) is 0 Å². The van der Waals surface area contributed by atoms with Gasteiger partial charge >= 0.3 is 0 Å². The SMILES string of the molecule is c1ccc2c(c1)ccc1c3ccccc3n(-c3ccc(-c4ccc(N(c5ccc6oc7ccccc7c6c5)c5ccc6oc7ccccc7c6c5)cc4)cc3)c21. The van der Waals surface area contributed by atoms with Gasteiger partial charge in [-0.05, 0) is 95.4 Å². The van der Waals surface area contributed by atoms with Crippen molar-refractivity contribution in [3.63, 3.8) is 0 Å². The maximum Gasteiger partial charge on any atom is 0.135 e. The van der Waals surface area contributed by atoms with Crippen LogP contribution in [0.2, 0.25) is 0 Å². The molecular formula is C52H32N2O2. The molecule has 0 fully saturated rings. The number of hydrogen-bond donors (Lipinski definition) is 0. The van der Waals surface area contributed by atoms with Crippen molar-refractivity contribution in [3.05, 3.63) is 194 Å². The molecule has 12 rings (SSSR count). The molecule has 0 saturated heterocycles. The smallest absolute Gasteiger partial charge is 0.135 e. The fourth-order valence-electron chi connectivity index (χ4n) is 8.76. The first-order valence-corrected chi connectivity index (χ1v) is 19.0. The van der Waals surface area contributed by atoms with Crippen LogP contribution in [0, 0.1) is 0 Å². The van der Waals surface area contributed by atoms with Gasteiger partial charge in [0.1, 0.15) is 22.3 Å². The van der Waals surface area contributed by atoms with Crippen molar-refractivity contribution in [3.8, 4) is 16.8 Å². The van der Waals surface area contributed by atoms with Crippen molar-refractivity contribution in [2.24, 2.45) is 0 Å². The average Bonchev–Trinajstić information content (AvgIpc) is 3.94. The van der Waals surface area contributed by atoms with E-state index in [1.807, 2.05) is 24.3 Å². The fourth-order valence-corrected chi connectivity index (χ4v) is 8.76. The molecule has 9 aromatic carbocycles. The second kappa shape index (κ2) is 12.0. The van der Waals surface area contributed by atoms with Gasteiger partial charge in [-0.3, -0.25) is 0 Å². The number of nitrogens with zero attached hydrogens (tertiary/aromatic N) is 2. The Kier molecular flexibility index (Phi) is 6.60. The molecule has 12 aromatic rings. The third kappa shape index (κ3) is 4.66. The van der Waals surface area contributed by atoms with Crippen LogP contribution in [-0.2, 0) is 0 Å². The minimum absolute atomic E-state index is 0.874. The normalized spacial score (nSPS) is 11.9.